The number of thioether (sulfide) groups is 1. The molecule has 1 heterocycles. The molecule has 0 aliphatic rings. The summed E-state index contributed by atoms with van der Waals surface area (Å²) in [5.74, 6) is -0.0343. The van der Waals surface area contributed by atoms with Gasteiger partial charge in [0.25, 0.3) is 0 Å². The topological polar surface area (TPSA) is 70.7 Å². The second-order valence-electron chi connectivity index (χ2n) is 6.38. The van der Waals surface area contributed by atoms with Gasteiger partial charge < -0.3 is 5.32 Å². The number of nitrogens with zero attached hydrogens (tertiary/aromatic N) is 2. The highest BCUT2D eigenvalue weighted by atomic mass is 35.5. The fourth-order valence-corrected chi connectivity index (χ4v) is 3.82. The number of halogens is 2. The number of hydrogen-bond acceptors (Lipinski definition) is 4. The second-order valence-corrected chi connectivity index (χ2v) is 7.89. The third-order valence-electron chi connectivity index (χ3n) is 4.26. The molecule has 0 radical (unpaired) electrons. The Balaban J connectivity index is 1.57. The van der Waals surface area contributed by atoms with Gasteiger partial charge in [-0.1, -0.05) is 53.7 Å². The highest BCUT2D eigenvalue weighted by Gasteiger charge is 2.24. The van der Waals surface area contributed by atoms with Gasteiger partial charge in [-0.25, -0.2) is 9.37 Å². The molecule has 30 heavy (non-hydrogen) atoms. The van der Waals surface area contributed by atoms with Crippen LogP contribution in [0.3, 0.4) is 0 Å². The van der Waals surface area contributed by atoms with Gasteiger partial charge in [0.2, 0.25) is 11.1 Å². The number of rotatable bonds is 6. The fraction of sp³-hybridized carbons (Fsp3) is 0.0455. The number of anilines is 1. The lowest BCUT2D eigenvalue weighted by Gasteiger charge is -2.15. The van der Waals surface area contributed by atoms with Gasteiger partial charge in [0.15, 0.2) is 5.82 Å². The normalized spacial score (nSPS) is 11.8. The standard InChI is InChI=1S/C22H16ClFN4OS/c23-16-8-6-15(7-9-16)20-26-22(28-27-20)30-19(14-4-2-1-3-5-14)21(29)25-18-12-10-17(24)11-13-18/h1-13,19H,(H,25,29)(H,26,27,28). The zero-order valence-electron chi connectivity index (χ0n) is 15.5. The van der Waals surface area contributed by atoms with E-state index in [1.807, 2.05) is 42.5 Å². The maximum Gasteiger partial charge on any atom is 0.242 e. The van der Waals surface area contributed by atoms with Gasteiger partial charge in [-0.3, -0.25) is 9.89 Å². The van der Waals surface area contributed by atoms with E-state index in [9.17, 15) is 9.18 Å². The lowest BCUT2D eigenvalue weighted by Crippen LogP contribution is -2.19. The van der Waals surface area contributed by atoms with E-state index in [1.165, 1.54) is 36.0 Å². The van der Waals surface area contributed by atoms with Crippen molar-refractivity contribution in [1.82, 2.24) is 15.2 Å². The molecule has 5 nitrogen and oxygen atoms in total. The van der Waals surface area contributed by atoms with Crippen LogP contribution in [0.1, 0.15) is 10.8 Å². The van der Waals surface area contributed by atoms with Crippen molar-refractivity contribution in [2.24, 2.45) is 0 Å². The van der Waals surface area contributed by atoms with E-state index in [0.29, 0.717) is 21.7 Å². The number of amides is 1. The molecule has 150 valence electrons. The Bertz CT molecular complexity index is 1130. The predicted molar refractivity (Wildman–Crippen MR) is 117 cm³/mol. The van der Waals surface area contributed by atoms with Crippen molar-refractivity contribution in [2.45, 2.75) is 10.4 Å². The van der Waals surface area contributed by atoms with Crippen LogP contribution < -0.4 is 5.32 Å². The molecule has 1 atom stereocenters. The molecular weight excluding hydrogens is 423 g/mol. The number of carbonyl (C=O) groups excluding carboxylic acids is 1. The van der Waals surface area contributed by atoms with Crippen molar-refractivity contribution in [1.29, 1.82) is 0 Å². The molecule has 4 aromatic rings. The average molecular weight is 439 g/mol. The first-order chi connectivity index (χ1) is 14.6. The fourth-order valence-electron chi connectivity index (χ4n) is 2.78. The van der Waals surface area contributed by atoms with Crippen LogP contribution in [0.15, 0.2) is 84.0 Å². The zero-order chi connectivity index (χ0) is 20.9. The third-order valence-corrected chi connectivity index (χ3v) is 5.63. The first-order valence-corrected chi connectivity index (χ1v) is 10.3. The van der Waals surface area contributed by atoms with Crippen molar-refractivity contribution < 1.29 is 9.18 Å². The van der Waals surface area contributed by atoms with Crippen molar-refractivity contribution >= 4 is 35.0 Å². The molecule has 4 rings (SSSR count). The van der Waals surface area contributed by atoms with Gasteiger partial charge >= 0.3 is 0 Å². The maximum absolute atomic E-state index is 13.2. The molecular formula is C22H16ClFN4OS. The minimum atomic E-state index is -0.592. The second kappa shape index (κ2) is 9.11. The Morgan fingerprint density at radius 2 is 1.70 bits per heavy atom. The van der Waals surface area contributed by atoms with Crippen LogP contribution in [-0.2, 0) is 4.79 Å². The Morgan fingerprint density at radius 3 is 2.40 bits per heavy atom. The monoisotopic (exact) mass is 438 g/mol. The molecule has 0 aliphatic carbocycles. The van der Waals surface area contributed by atoms with Crippen molar-refractivity contribution in [2.75, 3.05) is 5.32 Å². The summed E-state index contributed by atoms with van der Waals surface area (Å²) < 4.78 is 13.2. The van der Waals surface area contributed by atoms with Crippen LogP contribution in [0.2, 0.25) is 5.02 Å². The number of carbonyl (C=O) groups is 1. The molecule has 1 unspecified atom stereocenters. The minimum absolute atomic E-state index is 0.254. The van der Waals surface area contributed by atoms with E-state index >= 15 is 0 Å². The lowest BCUT2D eigenvalue weighted by atomic mass is 10.1. The summed E-state index contributed by atoms with van der Waals surface area (Å²) in [6.45, 7) is 0. The first kappa shape index (κ1) is 20.1. The van der Waals surface area contributed by atoms with Crippen LogP contribution in [0, 0.1) is 5.82 Å². The summed E-state index contributed by atoms with van der Waals surface area (Å²) >= 11 is 7.16. The molecule has 1 amide bonds. The van der Waals surface area contributed by atoms with Crippen molar-refractivity contribution in [3.05, 3.63) is 95.3 Å². The average Bonchev–Trinajstić information content (AvgIpc) is 3.23. The van der Waals surface area contributed by atoms with Gasteiger partial charge in [0.05, 0.1) is 0 Å². The minimum Gasteiger partial charge on any atom is -0.325 e. The van der Waals surface area contributed by atoms with Gasteiger partial charge in [0.1, 0.15) is 11.1 Å². The van der Waals surface area contributed by atoms with E-state index in [1.54, 1.807) is 12.1 Å². The third kappa shape index (κ3) is 4.87. The smallest absolute Gasteiger partial charge is 0.242 e. The molecule has 1 aromatic heterocycles. The largest absolute Gasteiger partial charge is 0.325 e. The van der Waals surface area contributed by atoms with E-state index in [-0.39, 0.29) is 11.7 Å². The molecule has 2 N–H and O–H groups in total. The van der Waals surface area contributed by atoms with Crippen molar-refractivity contribution in [3.8, 4) is 11.4 Å². The van der Waals surface area contributed by atoms with Gasteiger partial charge in [-0.05, 0) is 54.1 Å². The first-order valence-electron chi connectivity index (χ1n) is 9.05. The molecule has 0 saturated heterocycles. The molecule has 0 bridgehead atoms. The number of benzene rings is 3. The number of aromatic nitrogens is 3. The molecule has 0 aliphatic heterocycles. The maximum atomic E-state index is 13.2. The Kier molecular flexibility index (Phi) is 6.11. The van der Waals surface area contributed by atoms with Gasteiger partial charge in [-0.2, -0.15) is 0 Å². The van der Waals surface area contributed by atoms with Crippen molar-refractivity contribution in [3.63, 3.8) is 0 Å². The van der Waals surface area contributed by atoms with Gasteiger partial charge in [0, 0.05) is 16.3 Å². The summed E-state index contributed by atoms with van der Waals surface area (Å²) in [5.41, 5.74) is 2.16. The van der Waals surface area contributed by atoms with Crippen LogP contribution in [0.4, 0.5) is 10.1 Å². The molecule has 3 aromatic carbocycles. The van der Waals surface area contributed by atoms with Crippen LogP contribution in [-0.4, -0.2) is 21.1 Å². The number of aromatic amines is 1. The molecule has 0 fully saturated rings. The Hall–Kier alpha value is -3.16. The van der Waals surface area contributed by atoms with Gasteiger partial charge in [-0.15, -0.1) is 5.10 Å². The number of hydrogen-bond donors (Lipinski definition) is 2. The SMILES string of the molecule is O=C(Nc1ccc(F)cc1)C(Sc1n[nH]c(-c2ccc(Cl)cc2)n1)c1ccccc1. The summed E-state index contributed by atoms with van der Waals surface area (Å²) in [6.07, 6.45) is 0. The summed E-state index contributed by atoms with van der Waals surface area (Å²) in [4.78, 5) is 17.5. The molecule has 8 heteroatoms. The molecule has 0 spiro atoms. The lowest BCUT2D eigenvalue weighted by molar-refractivity contribution is -0.115. The van der Waals surface area contributed by atoms with E-state index in [2.05, 4.69) is 20.5 Å². The molecule has 0 saturated carbocycles. The van der Waals surface area contributed by atoms with E-state index in [4.69, 9.17) is 11.6 Å². The number of nitrogens with one attached hydrogen (secondary N) is 2. The van der Waals surface area contributed by atoms with Crippen LogP contribution in [0.5, 0.6) is 0 Å². The predicted octanol–water partition coefficient (Wildman–Crippen LogP) is 5.74. The zero-order valence-corrected chi connectivity index (χ0v) is 17.1. The summed E-state index contributed by atoms with van der Waals surface area (Å²) in [7, 11) is 0. The van der Waals surface area contributed by atoms with E-state index in [0.717, 1.165) is 11.1 Å². The number of H-pyrrole nitrogens is 1. The van der Waals surface area contributed by atoms with Crippen LogP contribution in [0.25, 0.3) is 11.4 Å². The Morgan fingerprint density at radius 1 is 1.00 bits per heavy atom. The highest BCUT2D eigenvalue weighted by Crippen LogP contribution is 2.35. The summed E-state index contributed by atoms with van der Waals surface area (Å²) in [5, 5.41) is 10.4. The van der Waals surface area contributed by atoms with E-state index < -0.39 is 5.25 Å². The Labute approximate surface area is 181 Å². The quantitative estimate of drug-likeness (QED) is 0.377. The summed E-state index contributed by atoms with van der Waals surface area (Å²) in [6, 6.07) is 22.2. The van der Waals surface area contributed by atoms with Crippen LogP contribution >= 0.6 is 23.4 Å². The highest BCUT2D eigenvalue weighted by molar-refractivity contribution is 8.00.